The predicted molar refractivity (Wildman–Crippen MR) is 134 cm³/mol. The lowest BCUT2D eigenvalue weighted by atomic mass is 9.44. The molecule has 0 heterocycles. The molecule has 9 atom stereocenters. The number of aliphatic hydroxyl groups excluding tert-OH is 1. The minimum absolute atomic E-state index is 0.0814. The molecule has 2 amide bonds. The fourth-order valence-corrected chi connectivity index (χ4v) is 9.55. The molecule has 0 aromatic heterocycles. The van der Waals surface area contributed by atoms with Gasteiger partial charge in [-0.05, 0) is 111 Å². The van der Waals surface area contributed by atoms with Crippen molar-refractivity contribution in [3.63, 3.8) is 0 Å². The average Bonchev–Trinajstić information content (AvgIpc) is 3.15. The van der Waals surface area contributed by atoms with Gasteiger partial charge in [-0.1, -0.05) is 25.1 Å². The molecule has 4 saturated carbocycles. The molecular weight excluding hydrogens is 464 g/mol. The van der Waals surface area contributed by atoms with E-state index in [9.17, 15) is 23.1 Å². The van der Waals surface area contributed by atoms with Crippen LogP contribution < -0.4 is 5.32 Å². The van der Waals surface area contributed by atoms with Crippen molar-refractivity contribution in [2.45, 2.75) is 104 Å². The summed E-state index contributed by atoms with van der Waals surface area (Å²) in [7, 11) is -2.73. The largest absolute Gasteiger partial charge is 0.393 e. The molecule has 0 spiro atoms. The van der Waals surface area contributed by atoms with Crippen LogP contribution >= 0.6 is 0 Å². The van der Waals surface area contributed by atoms with Crippen molar-refractivity contribution in [3.05, 3.63) is 0 Å². The number of carbonyl (C=O) groups is 2. The summed E-state index contributed by atoms with van der Waals surface area (Å²) in [6.45, 7) is 7.51. The lowest BCUT2D eigenvalue weighted by Crippen LogP contribution is -2.54. The first-order valence-corrected chi connectivity index (χ1v) is 14.9. The van der Waals surface area contributed by atoms with Gasteiger partial charge in [-0.3, -0.25) is 9.59 Å². The number of carbonyl (C=O) groups excluding carboxylic acids is 2. The van der Waals surface area contributed by atoms with E-state index in [0.717, 1.165) is 37.0 Å². The highest BCUT2D eigenvalue weighted by Gasteiger charge is 2.60. The normalized spacial score (nSPS) is 41.1. The van der Waals surface area contributed by atoms with Crippen LogP contribution in [0.2, 0.25) is 0 Å². The van der Waals surface area contributed by atoms with Gasteiger partial charge in [-0.25, -0.2) is 0 Å². The third-order valence-electron chi connectivity index (χ3n) is 11.1. The average molecular weight is 509 g/mol. The Kier molecular flexibility index (Phi) is 8.11. The van der Waals surface area contributed by atoms with Crippen molar-refractivity contribution in [1.29, 1.82) is 0 Å². The molecule has 0 aliphatic heterocycles. The van der Waals surface area contributed by atoms with Crippen molar-refractivity contribution in [2.75, 3.05) is 6.54 Å². The van der Waals surface area contributed by atoms with Crippen LogP contribution in [0.1, 0.15) is 97.8 Å². The van der Waals surface area contributed by atoms with E-state index in [0.29, 0.717) is 35.0 Å². The van der Waals surface area contributed by atoms with Gasteiger partial charge in [0, 0.05) is 19.4 Å². The summed E-state index contributed by atoms with van der Waals surface area (Å²) >= 11 is 0. The second-order valence-corrected chi connectivity index (χ2v) is 13.2. The zero-order valence-electron chi connectivity index (χ0n) is 21.7. The van der Waals surface area contributed by atoms with Gasteiger partial charge in [-0.15, -0.1) is 0 Å². The molecule has 0 aromatic rings. The Morgan fingerprint density at radius 1 is 1.00 bits per heavy atom. The number of aliphatic hydroxyl groups is 1. The van der Waals surface area contributed by atoms with Crippen LogP contribution in [0.3, 0.4) is 0 Å². The van der Waals surface area contributed by atoms with Gasteiger partial charge in [0.2, 0.25) is 5.91 Å². The summed E-state index contributed by atoms with van der Waals surface area (Å²) in [6.07, 6.45) is 12.0. The van der Waals surface area contributed by atoms with E-state index in [1.807, 2.05) is 0 Å². The van der Waals surface area contributed by atoms with Gasteiger partial charge in [0.1, 0.15) is 0 Å². The second kappa shape index (κ2) is 10.6. The van der Waals surface area contributed by atoms with Gasteiger partial charge in [0.15, 0.2) is 0 Å². The molecule has 8 heteroatoms. The standard InChI is InChI=1S/C27H44N2O5S/c1-17(4-9-24(31)28-15-12-25(32)29-35(33)34)21-7-8-22-20-6-5-18-16-19(30)10-13-26(18,2)23(20)11-14-27(21,22)3/h17-23,30H,4-16H2,1-3H3,(H,28,31)/t17-,18-,19-,20+,21-,22+,23+,26+,27-/m1/s1. The smallest absolute Gasteiger partial charge is 0.319 e. The summed E-state index contributed by atoms with van der Waals surface area (Å²) in [4.78, 5) is 23.7. The van der Waals surface area contributed by atoms with E-state index >= 15 is 0 Å². The minimum Gasteiger partial charge on any atom is -0.393 e. The van der Waals surface area contributed by atoms with Crippen molar-refractivity contribution in [2.24, 2.45) is 50.7 Å². The fourth-order valence-electron chi connectivity index (χ4n) is 9.30. The van der Waals surface area contributed by atoms with Crippen LogP contribution in [-0.2, 0) is 20.1 Å². The summed E-state index contributed by atoms with van der Waals surface area (Å²) < 4.78 is 23.8. The van der Waals surface area contributed by atoms with E-state index in [4.69, 9.17) is 0 Å². The molecule has 4 rings (SSSR count). The van der Waals surface area contributed by atoms with Crippen molar-refractivity contribution < 1.29 is 23.1 Å². The van der Waals surface area contributed by atoms with E-state index in [1.165, 1.54) is 44.9 Å². The molecule has 0 bridgehead atoms. The van der Waals surface area contributed by atoms with Crippen LogP contribution in [-0.4, -0.2) is 38.0 Å². The van der Waals surface area contributed by atoms with Crippen LogP contribution in [0.25, 0.3) is 0 Å². The van der Waals surface area contributed by atoms with Gasteiger partial charge >= 0.3 is 10.5 Å². The first-order chi connectivity index (χ1) is 16.5. The second-order valence-electron chi connectivity index (χ2n) is 12.6. The van der Waals surface area contributed by atoms with Crippen LogP contribution in [0, 0.1) is 46.3 Å². The maximum Gasteiger partial charge on any atom is 0.319 e. The quantitative estimate of drug-likeness (QED) is 0.525. The van der Waals surface area contributed by atoms with Gasteiger partial charge in [-0.2, -0.15) is 8.42 Å². The molecule has 7 nitrogen and oxygen atoms in total. The molecule has 0 saturated heterocycles. The summed E-state index contributed by atoms with van der Waals surface area (Å²) in [6, 6.07) is 0. The van der Waals surface area contributed by atoms with Gasteiger partial charge < -0.3 is 10.4 Å². The number of nitrogens with zero attached hydrogens (tertiary/aromatic N) is 1. The number of amides is 2. The first-order valence-electron chi connectivity index (χ1n) is 13.8. The van der Waals surface area contributed by atoms with Crippen LogP contribution in [0.15, 0.2) is 4.36 Å². The minimum atomic E-state index is -2.73. The summed E-state index contributed by atoms with van der Waals surface area (Å²) in [5, 5.41) is 13.0. The Morgan fingerprint density at radius 2 is 1.71 bits per heavy atom. The highest BCUT2D eigenvalue weighted by Crippen LogP contribution is 2.68. The molecule has 4 fully saturated rings. The lowest BCUT2D eigenvalue weighted by molar-refractivity contribution is -0.129. The predicted octanol–water partition coefficient (Wildman–Crippen LogP) is 4.52. The molecule has 0 radical (unpaired) electrons. The Morgan fingerprint density at radius 3 is 2.46 bits per heavy atom. The van der Waals surface area contributed by atoms with Crippen molar-refractivity contribution in [1.82, 2.24) is 5.32 Å². The third-order valence-corrected chi connectivity index (χ3v) is 11.4. The molecule has 4 aliphatic rings. The van der Waals surface area contributed by atoms with Crippen molar-refractivity contribution >= 4 is 22.3 Å². The number of hydrogen-bond donors (Lipinski definition) is 2. The van der Waals surface area contributed by atoms with Crippen molar-refractivity contribution in [3.8, 4) is 0 Å². The molecule has 2 N–H and O–H groups in total. The third kappa shape index (κ3) is 5.39. The van der Waals surface area contributed by atoms with Gasteiger partial charge in [0.25, 0.3) is 5.91 Å². The SMILES string of the molecule is C[C@H](CCC(=O)NCCC(=O)N=S(=O)=O)[C@H]1CC[C@H]2[C@@H]3CC[C@@H]4C[C@H](O)CC[C@]4(C)[C@H]3CC[C@]12C. The molecule has 4 aliphatic carbocycles. The number of rotatable bonds is 7. The monoisotopic (exact) mass is 508 g/mol. The summed E-state index contributed by atoms with van der Waals surface area (Å²) in [5.74, 6) is 3.40. The zero-order valence-corrected chi connectivity index (χ0v) is 22.5. The van der Waals surface area contributed by atoms with E-state index in [2.05, 4.69) is 30.5 Å². The van der Waals surface area contributed by atoms with Crippen LogP contribution in [0.4, 0.5) is 0 Å². The maximum atomic E-state index is 12.3. The Bertz CT molecular complexity index is 943. The molecular formula is C27H44N2O5S. The topological polar surface area (TPSA) is 113 Å². The fraction of sp³-hybridized carbons (Fsp3) is 0.926. The zero-order chi connectivity index (χ0) is 25.4. The number of nitrogens with one attached hydrogen (secondary N) is 1. The highest BCUT2D eigenvalue weighted by atomic mass is 32.2. The lowest BCUT2D eigenvalue weighted by Gasteiger charge is -2.61. The molecule has 0 aromatic carbocycles. The Labute approximate surface area is 211 Å². The first kappa shape index (κ1) is 26.8. The highest BCUT2D eigenvalue weighted by molar-refractivity contribution is 7.62. The van der Waals surface area contributed by atoms with Crippen LogP contribution in [0.5, 0.6) is 0 Å². The number of hydrogen-bond acceptors (Lipinski definition) is 5. The number of fused-ring (bicyclic) bond motifs is 5. The maximum absolute atomic E-state index is 12.3. The van der Waals surface area contributed by atoms with E-state index < -0.39 is 16.4 Å². The summed E-state index contributed by atoms with van der Waals surface area (Å²) in [5.41, 5.74) is 0.763. The Hall–Kier alpha value is -1.28. The van der Waals surface area contributed by atoms with E-state index in [-0.39, 0.29) is 25.0 Å². The molecule has 198 valence electrons. The molecule has 35 heavy (non-hydrogen) atoms. The van der Waals surface area contributed by atoms with E-state index in [1.54, 1.807) is 0 Å². The Balaban J connectivity index is 1.31. The van der Waals surface area contributed by atoms with Gasteiger partial charge in [0.05, 0.1) is 6.10 Å². The molecule has 0 unspecified atom stereocenters.